The molecular weight excluding hydrogens is 234 g/mol. The Morgan fingerprint density at radius 2 is 1.00 bits per heavy atom. The molecule has 0 aliphatic heterocycles. The molecule has 0 unspecified atom stereocenters. The average Bonchev–Trinajstić information content (AvgIpc) is 0. The number of hydrogen-bond donors (Lipinski definition) is 0. The van der Waals surface area contributed by atoms with E-state index in [1.165, 1.54) is 0 Å². The zero-order chi connectivity index (χ0) is 0. The van der Waals surface area contributed by atoms with Crippen LogP contribution in [0.2, 0.25) is 0 Å². The topological polar surface area (TPSA) is 0 Å². The Balaban J connectivity index is 0. The van der Waals surface area contributed by atoms with Crippen LogP contribution in [-0.4, -0.2) is 17.4 Å². The van der Waals surface area contributed by atoms with Crippen molar-refractivity contribution < 1.29 is 60.6 Å². The third kappa shape index (κ3) is 8.82. The third-order valence-electron chi connectivity index (χ3n) is 0. The molecule has 0 nitrogen and oxygen atoms in total. The molecule has 0 bridgehead atoms. The molecule has 0 atom stereocenters. The Labute approximate surface area is 77.0 Å². The van der Waals surface area contributed by atoms with E-state index in [1.54, 1.807) is 0 Å². The maximum Gasteiger partial charge on any atom is 0 e. The third-order valence-corrected chi connectivity index (χ3v) is 0. The van der Waals surface area contributed by atoms with Crippen molar-refractivity contribution in [2.45, 2.75) is 0 Å². The number of hydrogen-bond acceptors (Lipinski definition) is 0. The summed E-state index contributed by atoms with van der Waals surface area (Å²) in [5.41, 5.74) is 0. The zero-order valence-electron chi connectivity index (χ0n) is 1.79. The van der Waals surface area contributed by atoms with Gasteiger partial charge in [0.15, 0.2) is 0 Å². The molecule has 4 heteroatoms. The van der Waals surface area contributed by atoms with Gasteiger partial charge in [-0.3, -0.25) is 0 Å². The van der Waals surface area contributed by atoms with Crippen molar-refractivity contribution in [3.05, 3.63) is 0 Å². The van der Waals surface area contributed by atoms with Gasteiger partial charge < -0.3 is 0 Å². The van der Waals surface area contributed by atoms with Crippen LogP contribution in [0.4, 0.5) is 0 Å². The first-order valence-electron chi connectivity index (χ1n) is 0. The van der Waals surface area contributed by atoms with E-state index >= 15 is 0 Å². The molecular formula is AlCrCuZr. The second-order valence-corrected chi connectivity index (χ2v) is 0. The number of rotatable bonds is 0. The van der Waals surface area contributed by atoms with Crippen LogP contribution in [-0.2, 0) is 60.6 Å². The van der Waals surface area contributed by atoms with Gasteiger partial charge in [-0.05, 0) is 0 Å². The van der Waals surface area contributed by atoms with Crippen molar-refractivity contribution >= 4 is 17.4 Å². The summed E-state index contributed by atoms with van der Waals surface area (Å²) < 4.78 is 0. The first-order valence-corrected chi connectivity index (χ1v) is 0. The van der Waals surface area contributed by atoms with Crippen LogP contribution >= 0.6 is 0 Å². The summed E-state index contributed by atoms with van der Waals surface area (Å²) in [5.74, 6) is 0. The molecule has 0 aromatic heterocycles. The van der Waals surface area contributed by atoms with E-state index < -0.39 is 0 Å². The smallest absolute Gasteiger partial charge is 0 e. The van der Waals surface area contributed by atoms with Crippen LogP contribution in [0, 0.1) is 0 Å². The molecule has 4 heavy (non-hydrogen) atoms. The van der Waals surface area contributed by atoms with E-state index in [2.05, 4.69) is 0 Å². The predicted molar refractivity (Wildman–Crippen MR) is 5.75 cm³/mol. The Morgan fingerprint density at radius 3 is 1.00 bits per heavy atom. The van der Waals surface area contributed by atoms with Gasteiger partial charge in [0.2, 0.25) is 0 Å². The summed E-state index contributed by atoms with van der Waals surface area (Å²) in [4.78, 5) is 0. The fourth-order valence-corrected chi connectivity index (χ4v) is 0. The molecule has 0 aromatic rings. The van der Waals surface area contributed by atoms with Crippen LogP contribution in [0.15, 0.2) is 0 Å². The molecule has 0 heterocycles. The normalized spacial score (nSPS) is 0. The van der Waals surface area contributed by atoms with Crippen LogP contribution in [0.25, 0.3) is 0 Å². The Morgan fingerprint density at radius 1 is 1.00 bits per heavy atom. The second-order valence-electron chi connectivity index (χ2n) is 0. The van der Waals surface area contributed by atoms with Crippen molar-refractivity contribution in [1.82, 2.24) is 0 Å². The van der Waals surface area contributed by atoms with Crippen molar-refractivity contribution in [1.29, 1.82) is 0 Å². The molecule has 0 aromatic carbocycles. The molecule has 0 fully saturated rings. The van der Waals surface area contributed by atoms with E-state index in [4.69, 9.17) is 0 Å². The summed E-state index contributed by atoms with van der Waals surface area (Å²) in [6.45, 7) is 0. The van der Waals surface area contributed by atoms with Crippen LogP contribution in [0.5, 0.6) is 0 Å². The van der Waals surface area contributed by atoms with Crippen LogP contribution in [0.3, 0.4) is 0 Å². The van der Waals surface area contributed by atoms with E-state index in [0.717, 1.165) is 0 Å². The maximum atomic E-state index is 0. The molecule has 0 saturated carbocycles. The SMILES string of the molecule is [Al].[Cr].[Cu].[Zr]. The van der Waals surface area contributed by atoms with Gasteiger partial charge in [-0.25, -0.2) is 0 Å². The fraction of sp³-hybridized carbons (Fsp3) is 0. The largest absolute Gasteiger partial charge is 0 e. The molecule has 0 aliphatic carbocycles. The molecule has 0 rings (SSSR count). The van der Waals surface area contributed by atoms with Crippen LogP contribution < -0.4 is 0 Å². The summed E-state index contributed by atoms with van der Waals surface area (Å²) in [5, 5.41) is 0. The van der Waals surface area contributed by atoms with Crippen molar-refractivity contribution in [3.63, 3.8) is 0 Å². The predicted octanol–water partition coefficient (Wildman–Crippen LogP) is -0.388. The molecule has 4 radical (unpaired) electrons. The molecule has 0 saturated heterocycles. The second kappa shape index (κ2) is 17.9. The average molecular weight is 234 g/mol. The fourth-order valence-electron chi connectivity index (χ4n) is 0. The van der Waals surface area contributed by atoms with Crippen molar-refractivity contribution in [2.75, 3.05) is 0 Å². The minimum Gasteiger partial charge on any atom is 0 e. The van der Waals surface area contributed by atoms with Gasteiger partial charge in [0.05, 0.1) is 0 Å². The van der Waals surface area contributed by atoms with Gasteiger partial charge in [-0.1, -0.05) is 0 Å². The molecule has 24 valence electrons. The van der Waals surface area contributed by atoms with E-state index in [0.29, 0.717) is 0 Å². The maximum absolute atomic E-state index is 0. The molecule has 0 N–H and O–H groups in total. The summed E-state index contributed by atoms with van der Waals surface area (Å²) in [6, 6.07) is 0. The first-order chi connectivity index (χ1) is 0. The van der Waals surface area contributed by atoms with E-state index in [9.17, 15) is 0 Å². The van der Waals surface area contributed by atoms with Gasteiger partial charge in [-0.15, -0.1) is 0 Å². The van der Waals surface area contributed by atoms with E-state index in [-0.39, 0.29) is 78.0 Å². The van der Waals surface area contributed by atoms with Crippen molar-refractivity contribution in [3.8, 4) is 0 Å². The molecule has 0 aliphatic rings. The minimum atomic E-state index is 0. The minimum absolute atomic E-state index is 0. The Kier molecular flexibility index (Phi) is 142. The van der Waals surface area contributed by atoms with E-state index in [1.807, 2.05) is 0 Å². The molecule has 0 spiro atoms. The standard InChI is InChI=1S/Al.Cr.Cu.Zr. The van der Waals surface area contributed by atoms with Gasteiger partial charge >= 0.3 is 0 Å². The zero-order valence-corrected chi connectivity index (χ0v) is 7.62. The van der Waals surface area contributed by atoms with Crippen LogP contribution in [0.1, 0.15) is 0 Å². The van der Waals surface area contributed by atoms with Gasteiger partial charge in [0, 0.05) is 78.0 Å². The first kappa shape index (κ1) is 31.8. The summed E-state index contributed by atoms with van der Waals surface area (Å²) in [6.07, 6.45) is 0. The summed E-state index contributed by atoms with van der Waals surface area (Å²) >= 11 is 0. The molecule has 0 amide bonds. The monoisotopic (exact) mass is 232 g/mol. The van der Waals surface area contributed by atoms with Gasteiger partial charge in [-0.2, -0.15) is 0 Å². The van der Waals surface area contributed by atoms with Gasteiger partial charge in [0.1, 0.15) is 0 Å². The van der Waals surface area contributed by atoms with Crippen molar-refractivity contribution in [2.24, 2.45) is 0 Å². The Hall–Kier alpha value is 2.47. The quantitative estimate of drug-likeness (QED) is 0.500. The van der Waals surface area contributed by atoms with Gasteiger partial charge in [0.25, 0.3) is 0 Å². The summed E-state index contributed by atoms with van der Waals surface area (Å²) in [7, 11) is 0. The Bertz CT molecular complexity index is 8.00.